The molecule has 1 nitrogen and oxygen atoms in total. The van der Waals surface area contributed by atoms with Gasteiger partial charge in [0.25, 0.3) is 0 Å². The molecule has 0 amide bonds. The van der Waals surface area contributed by atoms with Crippen molar-refractivity contribution in [3.8, 4) is 0 Å². The van der Waals surface area contributed by atoms with E-state index < -0.39 is 0 Å². The molecule has 0 N–H and O–H groups in total. The van der Waals surface area contributed by atoms with Gasteiger partial charge >= 0.3 is 0 Å². The van der Waals surface area contributed by atoms with Crippen molar-refractivity contribution in [2.24, 2.45) is 0 Å². The quantitative estimate of drug-likeness (QED) is 0.176. The highest BCUT2D eigenvalue weighted by molar-refractivity contribution is 9.09. The van der Waals surface area contributed by atoms with E-state index in [0.717, 1.165) is 5.45 Å². The van der Waals surface area contributed by atoms with Crippen molar-refractivity contribution in [2.75, 3.05) is 25.6 Å². The van der Waals surface area contributed by atoms with Crippen molar-refractivity contribution in [2.45, 2.75) is 78.1 Å². The summed E-state index contributed by atoms with van der Waals surface area (Å²) < 4.78 is 1.22. The van der Waals surface area contributed by atoms with Crippen LogP contribution in [0.2, 0.25) is 0 Å². The molecule has 0 heterocycles. The van der Waals surface area contributed by atoms with Crippen molar-refractivity contribution in [1.82, 2.24) is 0 Å². The van der Waals surface area contributed by atoms with E-state index in [1.807, 2.05) is 0 Å². The summed E-state index contributed by atoms with van der Waals surface area (Å²) in [4.78, 5) is 0. The zero-order valence-corrected chi connectivity index (χ0v) is 14.6. The molecule has 0 aliphatic carbocycles. The average molecular weight is 321 g/mol. The number of nitrogens with zero attached hydrogens (tertiary/aromatic N) is 1. The maximum absolute atomic E-state index is 3.71. The van der Waals surface area contributed by atoms with Gasteiger partial charge in [-0.05, 0) is 41.6 Å². The van der Waals surface area contributed by atoms with Crippen molar-refractivity contribution in [3.63, 3.8) is 0 Å². The van der Waals surface area contributed by atoms with Gasteiger partial charge in [0, 0.05) is 0 Å². The van der Waals surface area contributed by atoms with Gasteiger partial charge in [0.15, 0.2) is 0 Å². The Labute approximate surface area is 124 Å². The highest BCUT2D eigenvalue weighted by Crippen LogP contribution is 2.14. The van der Waals surface area contributed by atoms with Gasteiger partial charge in [-0.25, -0.2) is 0 Å². The van der Waals surface area contributed by atoms with Crippen LogP contribution in [-0.2, 0) is 0 Å². The molecule has 0 saturated carbocycles. The lowest BCUT2D eigenvalue weighted by Crippen LogP contribution is -2.44. The topological polar surface area (TPSA) is 0 Å². The Balaban J connectivity index is 3.60. The van der Waals surface area contributed by atoms with Crippen LogP contribution in [0.4, 0.5) is 0 Å². The highest BCUT2D eigenvalue weighted by Gasteiger charge is 2.18. The van der Waals surface area contributed by atoms with E-state index in [1.54, 1.807) is 0 Å². The van der Waals surface area contributed by atoms with Crippen molar-refractivity contribution in [1.29, 1.82) is 0 Å². The predicted octanol–water partition coefficient (Wildman–Crippen LogP) is 5.73. The van der Waals surface area contributed by atoms with Gasteiger partial charge in [-0.2, -0.15) is 0 Å². The van der Waals surface area contributed by atoms with E-state index in [4.69, 9.17) is 0 Å². The first-order valence-corrected chi connectivity index (χ1v) is 9.20. The third kappa shape index (κ3) is 10.4. The molecule has 0 bridgehead atoms. The Bertz CT molecular complexity index is 156. The van der Waals surface area contributed by atoms with Crippen LogP contribution in [0, 0.1) is 0 Å². The number of alkyl halides is 1. The van der Waals surface area contributed by atoms with Crippen LogP contribution >= 0.6 is 15.9 Å². The molecule has 0 fully saturated rings. The van der Waals surface area contributed by atoms with Gasteiger partial charge in [-0.15, -0.1) is 0 Å². The van der Waals surface area contributed by atoms with Crippen molar-refractivity contribution >= 4 is 15.9 Å². The number of hydrogen-bond donors (Lipinski definition) is 0. The lowest BCUT2D eigenvalue weighted by atomic mass is 10.1. The summed E-state index contributed by atoms with van der Waals surface area (Å²) in [7, 11) is 2.41. The fourth-order valence-corrected chi connectivity index (χ4v) is 2.93. The molecule has 0 aliphatic heterocycles. The van der Waals surface area contributed by atoms with E-state index in [0.29, 0.717) is 0 Å². The van der Waals surface area contributed by atoms with Crippen LogP contribution in [0.5, 0.6) is 0 Å². The van der Waals surface area contributed by atoms with Crippen LogP contribution in [0.1, 0.15) is 78.1 Å². The largest absolute Gasteiger partial charge is 0.317 e. The Hall–Kier alpha value is 0.440. The van der Waals surface area contributed by atoms with Crippen molar-refractivity contribution < 1.29 is 4.48 Å². The molecule has 2 heteroatoms. The minimum atomic E-state index is 1.12. The minimum Gasteiger partial charge on any atom is -0.317 e. The molecule has 0 radical (unpaired) electrons. The Morgan fingerprint density at radius 2 is 1.06 bits per heavy atom. The zero-order valence-electron chi connectivity index (χ0n) is 13.0. The zero-order chi connectivity index (χ0) is 13.7. The summed E-state index contributed by atoms with van der Waals surface area (Å²) in [5.74, 6) is 0. The van der Waals surface area contributed by atoms with Gasteiger partial charge in [0.05, 0.1) is 20.1 Å². The molecule has 0 aromatic rings. The third-order valence-corrected chi connectivity index (χ3v) is 5.10. The van der Waals surface area contributed by atoms with Gasteiger partial charge < -0.3 is 4.48 Å². The fraction of sp³-hybridized carbons (Fsp3) is 1.00. The van der Waals surface area contributed by atoms with Gasteiger partial charge in [0.1, 0.15) is 5.45 Å². The lowest BCUT2D eigenvalue weighted by molar-refractivity contribution is -0.896. The lowest BCUT2D eigenvalue weighted by Gasteiger charge is -2.32. The van der Waals surface area contributed by atoms with Crippen LogP contribution < -0.4 is 0 Å². The van der Waals surface area contributed by atoms with Gasteiger partial charge in [-0.3, -0.25) is 0 Å². The standard InChI is InChI=1S/C16H35BrN/c1-4-6-8-10-12-14-18(3,16-17)15-13-11-9-7-5-2/h4-16H2,1-3H3/q+1. The van der Waals surface area contributed by atoms with E-state index >= 15 is 0 Å². The first-order chi connectivity index (χ1) is 8.68. The van der Waals surface area contributed by atoms with E-state index in [1.165, 1.54) is 81.8 Å². The normalized spacial score (nSPS) is 12.0. The molecule has 0 unspecified atom stereocenters. The van der Waals surface area contributed by atoms with Crippen molar-refractivity contribution in [3.05, 3.63) is 0 Å². The second kappa shape index (κ2) is 12.5. The number of rotatable bonds is 13. The second-order valence-electron chi connectivity index (χ2n) is 6.01. The third-order valence-electron chi connectivity index (χ3n) is 3.89. The molecule has 0 aliphatic rings. The Kier molecular flexibility index (Phi) is 12.8. The summed E-state index contributed by atoms with van der Waals surface area (Å²) in [6.07, 6.45) is 14.0. The van der Waals surface area contributed by atoms with E-state index in [2.05, 4.69) is 36.8 Å². The molecule has 0 spiro atoms. The smallest absolute Gasteiger partial charge is 0.134 e. The number of quaternary nitrogens is 1. The fourth-order valence-electron chi connectivity index (χ4n) is 2.43. The van der Waals surface area contributed by atoms with Crippen LogP contribution in [0.25, 0.3) is 0 Å². The molecule has 0 atom stereocenters. The first kappa shape index (κ1) is 18.4. The SMILES string of the molecule is CCCCCCC[N+](C)(CBr)CCCCCCC. The summed E-state index contributed by atoms with van der Waals surface area (Å²) in [6.45, 7) is 7.27. The minimum absolute atomic E-state index is 1.12. The molecule has 0 saturated heterocycles. The molecular formula is C16H35BrN+. The molecule has 0 rings (SSSR count). The van der Waals surface area contributed by atoms with Gasteiger partial charge in [-0.1, -0.05) is 52.4 Å². The summed E-state index contributed by atoms with van der Waals surface area (Å²) in [6, 6.07) is 0. The molecule has 0 aromatic heterocycles. The molecule has 110 valence electrons. The van der Waals surface area contributed by atoms with Crippen LogP contribution in [0.15, 0.2) is 0 Å². The first-order valence-electron chi connectivity index (χ1n) is 8.08. The monoisotopic (exact) mass is 320 g/mol. The van der Waals surface area contributed by atoms with E-state index in [9.17, 15) is 0 Å². The van der Waals surface area contributed by atoms with Crippen LogP contribution in [0.3, 0.4) is 0 Å². The highest BCUT2D eigenvalue weighted by atomic mass is 79.9. The molecule has 18 heavy (non-hydrogen) atoms. The predicted molar refractivity (Wildman–Crippen MR) is 87.2 cm³/mol. The average Bonchev–Trinajstić information content (AvgIpc) is 2.38. The second-order valence-corrected chi connectivity index (χ2v) is 6.52. The molecular weight excluding hydrogens is 286 g/mol. The summed E-state index contributed by atoms with van der Waals surface area (Å²) in [5, 5.41) is 0. The van der Waals surface area contributed by atoms with E-state index in [-0.39, 0.29) is 0 Å². The Morgan fingerprint density at radius 1 is 0.667 bits per heavy atom. The molecule has 0 aromatic carbocycles. The number of hydrogen-bond acceptors (Lipinski definition) is 0. The van der Waals surface area contributed by atoms with Crippen LogP contribution in [-0.4, -0.2) is 30.1 Å². The maximum Gasteiger partial charge on any atom is 0.134 e. The van der Waals surface area contributed by atoms with Gasteiger partial charge in [0.2, 0.25) is 0 Å². The summed E-state index contributed by atoms with van der Waals surface area (Å²) >= 11 is 3.71. The maximum atomic E-state index is 3.71. The number of halogens is 1. The Morgan fingerprint density at radius 3 is 1.39 bits per heavy atom. The summed E-state index contributed by atoms with van der Waals surface area (Å²) in [5.41, 5.74) is 1.12. The number of unbranched alkanes of at least 4 members (excludes halogenated alkanes) is 8.